The molecular formula is C20H28N2O2. The van der Waals surface area contributed by atoms with Gasteiger partial charge in [0.05, 0.1) is 6.54 Å². The summed E-state index contributed by atoms with van der Waals surface area (Å²) in [5.41, 5.74) is 2.73. The van der Waals surface area contributed by atoms with Crippen LogP contribution in [0.2, 0.25) is 0 Å². The van der Waals surface area contributed by atoms with E-state index in [4.69, 9.17) is 4.42 Å². The van der Waals surface area contributed by atoms with E-state index >= 15 is 0 Å². The van der Waals surface area contributed by atoms with E-state index < -0.39 is 0 Å². The second-order valence-electron chi connectivity index (χ2n) is 6.81. The highest BCUT2D eigenvalue weighted by molar-refractivity contribution is 5.25. The predicted molar refractivity (Wildman–Crippen MR) is 95.8 cm³/mol. The number of benzene rings is 1. The molecule has 2 heterocycles. The lowest BCUT2D eigenvalue weighted by Crippen LogP contribution is -2.52. The molecule has 0 amide bonds. The first-order valence-electron chi connectivity index (χ1n) is 8.83. The highest BCUT2D eigenvalue weighted by Gasteiger charge is 2.27. The van der Waals surface area contributed by atoms with Gasteiger partial charge < -0.3 is 9.52 Å². The van der Waals surface area contributed by atoms with Crippen LogP contribution in [0.1, 0.15) is 29.1 Å². The van der Waals surface area contributed by atoms with Crippen molar-refractivity contribution in [2.75, 3.05) is 26.2 Å². The molecule has 1 atom stereocenters. The van der Waals surface area contributed by atoms with Crippen LogP contribution in [0.3, 0.4) is 0 Å². The molecule has 1 fully saturated rings. The molecule has 4 nitrogen and oxygen atoms in total. The zero-order valence-electron chi connectivity index (χ0n) is 14.7. The van der Waals surface area contributed by atoms with Crippen LogP contribution in [0, 0.1) is 13.8 Å². The van der Waals surface area contributed by atoms with Crippen LogP contribution in [0.25, 0.3) is 0 Å². The molecule has 24 heavy (non-hydrogen) atoms. The van der Waals surface area contributed by atoms with Gasteiger partial charge in [-0.2, -0.15) is 0 Å². The van der Waals surface area contributed by atoms with Crippen LogP contribution in [0.4, 0.5) is 0 Å². The predicted octanol–water partition coefficient (Wildman–Crippen LogP) is 2.97. The molecule has 2 aromatic rings. The molecule has 1 saturated heterocycles. The van der Waals surface area contributed by atoms with Gasteiger partial charge in [0, 0.05) is 38.8 Å². The lowest BCUT2D eigenvalue weighted by molar-refractivity contribution is 0.0466. The van der Waals surface area contributed by atoms with Gasteiger partial charge >= 0.3 is 0 Å². The van der Waals surface area contributed by atoms with Crippen molar-refractivity contribution in [2.45, 2.75) is 39.4 Å². The van der Waals surface area contributed by atoms with Crippen molar-refractivity contribution < 1.29 is 9.52 Å². The first kappa shape index (κ1) is 17.2. The highest BCUT2D eigenvalue weighted by atomic mass is 16.3. The van der Waals surface area contributed by atoms with Gasteiger partial charge in [-0.1, -0.05) is 24.3 Å². The molecule has 1 aliphatic rings. The fourth-order valence-corrected chi connectivity index (χ4v) is 3.53. The molecular weight excluding hydrogens is 300 g/mol. The minimum atomic E-state index is 0.239. The fourth-order valence-electron chi connectivity index (χ4n) is 3.53. The number of nitrogens with zero attached hydrogens (tertiary/aromatic N) is 2. The standard InChI is InChI=1S/C20H28N2O2/c1-16-5-3-4-6-18(16)13-22-11-10-21(14-19(22)9-12-23)15-20-8-7-17(2)24-20/h3-8,19,23H,9-15H2,1-2H3. The van der Waals surface area contributed by atoms with Gasteiger partial charge in [-0.15, -0.1) is 0 Å². The molecule has 0 bridgehead atoms. The first-order valence-corrected chi connectivity index (χ1v) is 8.83. The topological polar surface area (TPSA) is 39.9 Å². The number of hydrogen-bond acceptors (Lipinski definition) is 4. The Morgan fingerprint density at radius 2 is 1.92 bits per heavy atom. The minimum absolute atomic E-state index is 0.239. The zero-order valence-corrected chi connectivity index (χ0v) is 14.7. The summed E-state index contributed by atoms with van der Waals surface area (Å²) >= 11 is 0. The Bertz CT molecular complexity index is 653. The molecule has 0 spiro atoms. The smallest absolute Gasteiger partial charge is 0.118 e. The van der Waals surface area contributed by atoms with Gasteiger partial charge in [-0.25, -0.2) is 0 Å². The van der Waals surface area contributed by atoms with E-state index in [9.17, 15) is 5.11 Å². The summed E-state index contributed by atoms with van der Waals surface area (Å²) in [6.45, 7) is 9.25. The summed E-state index contributed by atoms with van der Waals surface area (Å²) in [4.78, 5) is 4.95. The number of piperazine rings is 1. The maximum Gasteiger partial charge on any atom is 0.118 e. The third-order valence-electron chi connectivity index (χ3n) is 4.96. The van der Waals surface area contributed by atoms with E-state index in [0.717, 1.165) is 50.7 Å². The zero-order chi connectivity index (χ0) is 16.9. The fraction of sp³-hybridized carbons (Fsp3) is 0.500. The van der Waals surface area contributed by atoms with Crippen LogP contribution in [0.15, 0.2) is 40.8 Å². The second-order valence-corrected chi connectivity index (χ2v) is 6.81. The first-order chi connectivity index (χ1) is 11.7. The minimum Gasteiger partial charge on any atom is -0.465 e. The third kappa shape index (κ3) is 4.26. The summed E-state index contributed by atoms with van der Waals surface area (Å²) in [6.07, 6.45) is 0.819. The maximum absolute atomic E-state index is 9.47. The maximum atomic E-state index is 9.47. The van der Waals surface area contributed by atoms with Gasteiger partial charge in [0.1, 0.15) is 11.5 Å². The van der Waals surface area contributed by atoms with Crippen molar-refractivity contribution in [3.05, 3.63) is 59.0 Å². The van der Waals surface area contributed by atoms with E-state index in [-0.39, 0.29) is 6.61 Å². The van der Waals surface area contributed by atoms with Crippen molar-refractivity contribution in [2.24, 2.45) is 0 Å². The van der Waals surface area contributed by atoms with Crippen molar-refractivity contribution >= 4 is 0 Å². The van der Waals surface area contributed by atoms with Gasteiger partial charge in [0.2, 0.25) is 0 Å². The van der Waals surface area contributed by atoms with E-state index in [0.29, 0.717) is 6.04 Å². The molecule has 4 heteroatoms. The van der Waals surface area contributed by atoms with Gasteiger partial charge in [-0.05, 0) is 43.5 Å². The van der Waals surface area contributed by atoms with E-state index in [2.05, 4.69) is 47.1 Å². The average Bonchev–Trinajstić information content (AvgIpc) is 2.97. The molecule has 0 saturated carbocycles. The summed E-state index contributed by atoms with van der Waals surface area (Å²) in [7, 11) is 0. The Morgan fingerprint density at radius 3 is 2.62 bits per heavy atom. The number of aryl methyl sites for hydroxylation is 2. The van der Waals surface area contributed by atoms with Gasteiger partial charge in [0.15, 0.2) is 0 Å². The Labute approximate surface area is 144 Å². The molecule has 1 N–H and O–H groups in total. The molecule has 3 rings (SSSR count). The van der Waals surface area contributed by atoms with Crippen LogP contribution >= 0.6 is 0 Å². The Balaban J connectivity index is 1.63. The van der Waals surface area contributed by atoms with E-state index in [1.54, 1.807) is 0 Å². The van der Waals surface area contributed by atoms with Crippen molar-refractivity contribution in [3.63, 3.8) is 0 Å². The molecule has 130 valence electrons. The van der Waals surface area contributed by atoms with Crippen LogP contribution < -0.4 is 0 Å². The van der Waals surface area contributed by atoms with Gasteiger partial charge in [0.25, 0.3) is 0 Å². The molecule has 1 unspecified atom stereocenters. The molecule has 1 aromatic heterocycles. The monoisotopic (exact) mass is 328 g/mol. The lowest BCUT2D eigenvalue weighted by atomic mass is 10.0. The van der Waals surface area contributed by atoms with E-state index in [1.165, 1.54) is 11.1 Å². The third-order valence-corrected chi connectivity index (χ3v) is 4.96. The quantitative estimate of drug-likeness (QED) is 0.885. The van der Waals surface area contributed by atoms with Crippen molar-refractivity contribution in [1.29, 1.82) is 0 Å². The van der Waals surface area contributed by atoms with Crippen LogP contribution in [-0.4, -0.2) is 47.2 Å². The summed E-state index contributed by atoms with van der Waals surface area (Å²) in [5, 5.41) is 9.47. The molecule has 1 aliphatic heterocycles. The number of hydrogen-bond donors (Lipinski definition) is 1. The molecule has 0 radical (unpaired) electrons. The summed E-state index contributed by atoms with van der Waals surface area (Å²) < 4.78 is 5.72. The molecule has 1 aromatic carbocycles. The van der Waals surface area contributed by atoms with Crippen LogP contribution in [0.5, 0.6) is 0 Å². The SMILES string of the molecule is Cc1ccc(CN2CCN(Cc3ccccc3C)C(CCO)C2)o1. The lowest BCUT2D eigenvalue weighted by Gasteiger charge is -2.41. The number of aliphatic hydroxyl groups is 1. The molecule has 0 aliphatic carbocycles. The van der Waals surface area contributed by atoms with Crippen LogP contribution in [-0.2, 0) is 13.1 Å². The number of aliphatic hydroxyl groups excluding tert-OH is 1. The number of rotatable bonds is 6. The Kier molecular flexibility index (Phi) is 5.72. The number of furan rings is 1. The normalized spacial score (nSPS) is 19.7. The Hall–Kier alpha value is -1.62. The van der Waals surface area contributed by atoms with Crippen molar-refractivity contribution in [1.82, 2.24) is 9.80 Å². The second kappa shape index (κ2) is 7.97. The Morgan fingerprint density at radius 1 is 1.08 bits per heavy atom. The largest absolute Gasteiger partial charge is 0.465 e. The summed E-state index contributed by atoms with van der Waals surface area (Å²) in [5.74, 6) is 2.00. The summed E-state index contributed by atoms with van der Waals surface area (Å²) in [6, 6.07) is 13.1. The van der Waals surface area contributed by atoms with Crippen molar-refractivity contribution in [3.8, 4) is 0 Å². The van der Waals surface area contributed by atoms with Gasteiger partial charge in [-0.3, -0.25) is 9.80 Å². The highest BCUT2D eigenvalue weighted by Crippen LogP contribution is 2.20. The van der Waals surface area contributed by atoms with E-state index in [1.807, 2.05) is 13.0 Å². The average molecular weight is 328 g/mol.